The van der Waals surface area contributed by atoms with Crippen molar-refractivity contribution in [3.63, 3.8) is 0 Å². The average molecular weight is 411 g/mol. The molecule has 2 aromatic rings. The molecule has 1 atom stereocenters. The molecule has 0 heterocycles. The molecule has 128 valence electrons. The Morgan fingerprint density at radius 1 is 1.08 bits per heavy atom. The van der Waals surface area contributed by atoms with Gasteiger partial charge >= 0.3 is 0 Å². The monoisotopic (exact) mass is 410 g/mol. The SMILES string of the molecule is C[C@H](NC(=O)c1ccc(S(=O)(=O)N(C)C)cc1)c1ccccc1Br. The third-order valence-corrected chi connectivity index (χ3v) is 6.17. The van der Waals surface area contributed by atoms with Crippen LogP contribution in [0.15, 0.2) is 57.9 Å². The maximum atomic E-state index is 12.3. The number of hydrogen-bond donors (Lipinski definition) is 1. The predicted molar refractivity (Wildman–Crippen MR) is 97.3 cm³/mol. The highest BCUT2D eigenvalue weighted by Gasteiger charge is 2.18. The lowest BCUT2D eigenvalue weighted by molar-refractivity contribution is 0.0939. The van der Waals surface area contributed by atoms with Gasteiger partial charge in [-0.3, -0.25) is 4.79 Å². The van der Waals surface area contributed by atoms with E-state index in [4.69, 9.17) is 0 Å². The summed E-state index contributed by atoms with van der Waals surface area (Å²) < 4.78 is 26.1. The van der Waals surface area contributed by atoms with E-state index >= 15 is 0 Å². The van der Waals surface area contributed by atoms with Crippen molar-refractivity contribution in [2.45, 2.75) is 17.9 Å². The number of nitrogens with one attached hydrogen (secondary N) is 1. The van der Waals surface area contributed by atoms with E-state index in [1.54, 1.807) is 0 Å². The summed E-state index contributed by atoms with van der Waals surface area (Å²) in [5, 5.41) is 2.91. The molecular weight excluding hydrogens is 392 g/mol. The fourth-order valence-electron chi connectivity index (χ4n) is 2.17. The summed E-state index contributed by atoms with van der Waals surface area (Å²) in [5.74, 6) is -0.257. The minimum Gasteiger partial charge on any atom is -0.345 e. The predicted octanol–water partition coefficient (Wildman–Crippen LogP) is 3.19. The summed E-state index contributed by atoms with van der Waals surface area (Å²) in [4.78, 5) is 12.5. The number of carbonyl (C=O) groups is 1. The second-order valence-electron chi connectivity index (χ2n) is 5.53. The molecule has 2 rings (SSSR count). The molecule has 5 nitrogen and oxygen atoms in total. The molecule has 0 aliphatic carbocycles. The zero-order chi connectivity index (χ0) is 17.9. The van der Waals surface area contributed by atoms with Gasteiger partial charge in [0.15, 0.2) is 0 Å². The van der Waals surface area contributed by atoms with Gasteiger partial charge in [-0.2, -0.15) is 0 Å². The molecule has 2 aromatic carbocycles. The van der Waals surface area contributed by atoms with Gasteiger partial charge in [-0.15, -0.1) is 0 Å². The van der Waals surface area contributed by atoms with Crippen molar-refractivity contribution in [2.75, 3.05) is 14.1 Å². The Balaban J connectivity index is 2.15. The standard InChI is InChI=1S/C17H19BrN2O3S/c1-12(15-6-4-5-7-16(15)18)19-17(21)13-8-10-14(11-9-13)24(22,23)20(2)3/h4-12H,1-3H3,(H,19,21)/t12-/m0/s1. The second kappa shape index (κ2) is 7.46. The molecule has 7 heteroatoms. The summed E-state index contributed by atoms with van der Waals surface area (Å²) in [5.41, 5.74) is 1.38. The van der Waals surface area contributed by atoms with Gasteiger partial charge in [0.25, 0.3) is 5.91 Å². The molecule has 1 N–H and O–H groups in total. The highest BCUT2D eigenvalue weighted by Crippen LogP contribution is 2.23. The normalized spacial score (nSPS) is 12.9. The highest BCUT2D eigenvalue weighted by molar-refractivity contribution is 9.10. The van der Waals surface area contributed by atoms with E-state index < -0.39 is 10.0 Å². The van der Waals surface area contributed by atoms with Gasteiger partial charge < -0.3 is 5.32 Å². The zero-order valence-corrected chi connectivity index (χ0v) is 16.1. The van der Waals surface area contributed by atoms with E-state index in [0.717, 1.165) is 14.3 Å². The molecule has 0 aromatic heterocycles. The Kier molecular flexibility index (Phi) is 5.79. The topological polar surface area (TPSA) is 66.5 Å². The van der Waals surface area contributed by atoms with E-state index in [1.165, 1.54) is 38.4 Å². The van der Waals surface area contributed by atoms with Gasteiger partial charge in [0.1, 0.15) is 0 Å². The first kappa shape index (κ1) is 18.6. The molecule has 0 aliphatic rings. The van der Waals surface area contributed by atoms with Gasteiger partial charge in [0, 0.05) is 24.1 Å². The first-order valence-corrected chi connectivity index (χ1v) is 9.54. The maximum absolute atomic E-state index is 12.3. The fraction of sp³-hybridized carbons (Fsp3) is 0.235. The molecule has 0 saturated carbocycles. The van der Waals surface area contributed by atoms with Crippen LogP contribution < -0.4 is 5.32 Å². The Labute approximate surface area is 150 Å². The summed E-state index contributed by atoms with van der Waals surface area (Å²) in [7, 11) is -0.560. The lowest BCUT2D eigenvalue weighted by atomic mass is 10.1. The molecule has 0 fully saturated rings. The van der Waals surface area contributed by atoms with Crippen LogP contribution >= 0.6 is 15.9 Å². The van der Waals surface area contributed by atoms with E-state index in [-0.39, 0.29) is 16.8 Å². The van der Waals surface area contributed by atoms with Crippen LogP contribution in [0.1, 0.15) is 28.9 Å². The third kappa shape index (κ3) is 4.03. The minimum absolute atomic E-state index is 0.155. The van der Waals surface area contributed by atoms with Crippen LogP contribution in [0.4, 0.5) is 0 Å². The quantitative estimate of drug-likeness (QED) is 0.822. The summed E-state index contributed by atoms with van der Waals surface area (Å²) in [6, 6.07) is 13.4. The smallest absolute Gasteiger partial charge is 0.251 e. The van der Waals surface area contributed by atoms with Crippen LogP contribution in [0, 0.1) is 0 Å². The van der Waals surface area contributed by atoms with Crippen LogP contribution in [0.25, 0.3) is 0 Å². The molecule has 24 heavy (non-hydrogen) atoms. The molecule has 0 radical (unpaired) electrons. The van der Waals surface area contributed by atoms with Crippen LogP contribution in [-0.2, 0) is 10.0 Å². The highest BCUT2D eigenvalue weighted by atomic mass is 79.9. The second-order valence-corrected chi connectivity index (χ2v) is 8.53. The number of nitrogens with zero attached hydrogens (tertiary/aromatic N) is 1. The minimum atomic E-state index is -3.50. The molecule has 0 aliphatic heterocycles. The molecular formula is C17H19BrN2O3S. The average Bonchev–Trinajstić information content (AvgIpc) is 2.55. The van der Waals surface area contributed by atoms with E-state index in [1.807, 2.05) is 31.2 Å². The number of sulfonamides is 1. The zero-order valence-electron chi connectivity index (χ0n) is 13.7. The van der Waals surface area contributed by atoms with Crippen LogP contribution in [0.3, 0.4) is 0 Å². The number of carbonyl (C=O) groups excluding carboxylic acids is 1. The first-order chi connectivity index (χ1) is 11.2. The number of halogens is 1. The Morgan fingerprint density at radius 2 is 1.67 bits per heavy atom. The van der Waals surface area contributed by atoms with E-state index in [9.17, 15) is 13.2 Å². The van der Waals surface area contributed by atoms with Gasteiger partial charge in [0.2, 0.25) is 10.0 Å². The molecule has 0 saturated heterocycles. The van der Waals surface area contributed by atoms with E-state index in [0.29, 0.717) is 5.56 Å². The maximum Gasteiger partial charge on any atom is 0.251 e. The van der Waals surface area contributed by atoms with Gasteiger partial charge in [0.05, 0.1) is 10.9 Å². The van der Waals surface area contributed by atoms with Crippen LogP contribution in [-0.4, -0.2) is 32.7 Å². The molecule has 1 amide bonds. The van der Waals surface area contributed by atoms with Crippen molar-refractivity contribution in [2.24, 2.45) is 0 Å². The van der Waals surface area contributed by atoms with Crippen molar-refractivity contribution in [1.82, 2.24) is 9.62 Å². The number of benzene rings is 2. The number of rotatable bonds is 5. The van der Waals surface area contributed by atoms with Crippen molar-refractivity contribution in [3.05, 3.63) is 64.1 Å². The Bertz CT molecular complexity index is 833. The summed E-state index contributed by atoms with van der Waals surface area (Å²) >= 11 is 3.47. The summed E-state index contributed by atoms with van der Waals surface area (Å²) in [6.07, 6.45) is 0. The molecule has 0 unspecified atom stereocenters. The van der Waals surface area contributed by atoms with Crippen LogP contribution in [0.5, 0.6) is 0 Å². The van der Waals surface area contributed by atoms with E-state index in [2.05, 4.69) is 21.2 Å². The third-order valence-electron chi connectivity index (χ3n) is 3.61. The molecule has 0 bridgehead atoms. The largest absolute Gasteiger partial charge is 0.345 e. The Morgan fingerprint density at radius 3 is 2.21 bits per heavy atom. The number of hydrogen-bond acceptors (Lipinski definition) is 3. The lowest BCUT2D eigenvalue weighted by Crippen LogP contribution is -2.27. The number of amides is 1. The van der Waals surface area contributed by atoms with Crippen molar-refractivity contribution < 1.29 is 13.2 Å². The van der Waals surface area contributed by atoms with Crippen molar-refractivity contribution in [1.29, 1.82) is 0 Å². The summed E-state index contributed by atoms with van der Waals surface area (Å²) in [6.45, 7) is 1.89. The van der Waals surface area contributed by atoms with Crippen molar-refractivity contribution in [3.8, 4) is 0 Å². The fourth-order valence-corrected chi connectivity index (χ4v) is 3.70. The van der Waals surface area contributed by atoms with Gasteiger partial charge in [-0.05, 0) is 42.8 Å². The van der Waals surface area contributed by atoms with Gasteiger partial charge in [-0.25, -0.2) is 12.7 Å². The van der Waals surface area contributed by atoms with Gasteiger partial charge in [-0.1, -0.05) is 34.1 Å². The Hall–Kier alpha value is -1.70. The van der Waals surface area contributed by atoms with Crippen LogP contribution in [0.2, 0.25) is 0 Å². The first-order valence-electron chi connectivity index (χ1n) is 7.31. The van der Waals surface area contributed by atoms with Crippen molar-refractivity contribution >= 4 is 31.9 Å². The lowest BCUT2D eigenvalue weighted by Gasteiger charge is -2.16. The molecule has 0 spiro atoms.